The molecule has 0 amide bonds. The van der Waals surface area contributed by atoms with E-state index < -0.39 is 0 Å². The molecule has 1 aromatic heterocycles. The zero-order valence-corrected chi connectivity index (χ0v) is 13.4. The van der Waals surface area contributed by atoms with Crippen molar-refractivity contribution in [1.82, 2.24) is 10.3 Å². The van der Waals surface area contributed by atoms with E-state index in [1.54, 1.807) is 11.3 Å². The number of aromatic nitrogens is 1. The van der Waals surface area contributed by atoms with Gasteiger partial charge in [-0.15, -0.1) is 17.9 Å². The average molecular weight is 307 g/mol. The fourth-order valence-electron chi connectivity index (χ4n) is 2.02. The molecule has 0 aliphatic carbocycles. The first-order chi connectivity index (χ1) is 9.61. The van der Waals surface area contributed by atoms with Crippen LogP contribution in [0, 0.1) is 13.8 Å². The van der Waals surface area contributed by atoms with Crippen LogP contribution in [-0.4, -0.2) is 18.1 Å². The second-order valence-electron chi connectivity index (χ2n) is 4.72. The van der Waals surface area contributed by atoms with Crippen LogP contribution in [0.5, 0.6) is 0 Å². The lowest BCUT2D eigenvalue weighted by molar-refractivity contribution is 0.742. The number of rotatable bonds is 6. The van der Waals surface area contributed by atoms with Gasteiger partial charge in [-0.05, 0) is 31.5 Å². The average Bonchev–Trinajstić information content (AvgIpc) is 2.79. The van der Waals surface area contributed by atoms with Crippen LogP contribution in [0.25, 0.3) is 11.3 Å². The summed E-state index contributed by atoms with van der Waals surface area (Å²) in [6, 6.07) is 6.08. The molecule has 4 heteroatoms. The van der Waals surface area contributed by atoms with Gasteiger partial charge in [0.2, 0.25) is 0 Å². The van der Waals surface area contributed by atoms with Crippen LogP contribution in [0.15, 0.2) is 30.9 Å². The van der Waals surface area contributed by atoms with Crippen LogP contribution in [0.2, 0.25) is 5.02 Å². The Hall–Kier alpha value is -1.16. The molecule has 106 valence electrons. The number of nitrogens with zero attached hydrogens (tertiary/aromatic N) is 1. The predicted octanol–water partition coefficient (Wildman–Crippen LogP) is 4.40. The van der Waals surface area contributed by atoms with Gasteiger partial charge in [0.05, 0.1) is 10.7 Å². The summed E-state index contributed by atoms with van der Waals surface area (Å²) in [5.74, 6) is 0. The fraction of sp³-hybridized carbons (Fsp3) is 0.312. The van der Waals surface area contributed by atoms with Crippen LogP contribution in [0.3, 0.4) is 0 Å². The summed E-state index contributed by atoms with van der Waals surface area (Å²) < 4.78 is 0. The molecule has 2 rings (SSSR count). The number of aryl methyl sites for hydroxylation is 2. The molecule has 0 aliphatic rings. The third kappa shape index (κ3) is 3.69. The van der Waals surface area contributed by atoms with Gasteiger partial charge in [0.1, 0.15) is 0 Å². The highest BCUT2D eigenvalue weighted by Crippen LogP contribution is 2.30. The Balaban J connectivity index is 2.14. The molecule has 1 N–H and O–H groups in total. The van der Waals surface area contributed by atoms with Gasteiger partial charge >= 0.3 is 0 Å². The van der Waals surface area contributed by atoms with Gasteiger partial charge in [-0.25, -0.2) is 4.98 Å². The van der Waals surface area contributed by atoms with Crippen LogP contribution >= 0.6 is 22.9 Å². The molecule has 1 aromatic carbocycles. The molecule has 20 heavy (non-hydrogen) atoms. The predicted molar refractivity (Wildman–Crippen MR) is 88.8 cm³/mol. The number of hydrogen-bond donors (Lipinski definition) is 1. The van der Waals surface area contributed by atoms with E-state index in [1.165, 1.54) is 9.88 Å². The summed E-state index contributed by atoms with van der Waals surface area (Å²) in [5.41, 5.74) is 3.31. The van der Waals surface area contributed by atoms with Crippen LogP contribution in [-0.2, 0) is 6.42 Å². The smallest absolute Gasteiger partial charge is 0.0948 e. The maximum atomic E-state index is 6.08. The highest BCUT2D eigenvalue weighted by Gasteiger charge is 2.10. The number of nitrogens with one attached hydrogen (secondary N) is 1. The number of benzene rings is 1. The van der Waals surface area contributed by atoms with Gasteiger partial charge in [-0.3, -0.25) is 0 Å². The molecule has 0 radical (unpaired) electrons. The molecule has 0 atom stereocenters. The van der Waals surface area contributed by atoms with Crippen molar-refractivity contribution in [2.75, 3.05) is 13.1 Å². The van der Waals surface area contributed by atoms with Gasteiger partial charge in [0.15, 0.2) is 0 Å². The Labute approximate surface area is 129 Å². The number of halogens is 1. The second-order valence-corrected chi connectivity index (χ2v) is 6.41. The number of thiazole rings is 1. The quantitative estimate of drug-likeness (QED) is 0.632. The van der Waals surface area contributed by atoms with Crippen molar-refractivity contribution in [3.63, 3.8) is 0 Å². The summed E-state index contributed by atoms with van der Waals surface area (Å²) in [6.45, 7) is 9.61. The molecular formula is C16H19ClN2S. The maximum Gasteiger partial charge on any atom is 0.0948 e. The topological polar surface area (TPSA) is 24.9 Å². The molecule has 2 nitrogen and oxygen atoms in total. The molecule has 0 saturated heterocycles. The normalized spacial score (nSPS) is 10.8. The number of hydrogen-bond acceptors (Lipinski definition) is 3. The first-order valence-electron chi connectivity index (χ1n) is 6.66. The molecule has 0 spiro atoms. The highest BCUT2D eigenvalue weighted by atomic mass is 35.5. The minimum absolute atomic E-state index is 0.801. The standard InChI is InChI=1S/C16H19ClN2S/c1-4-8-18-9-7-15-19-16(12(3)20-15)13-5-6-14(17)11(2)10-13/h4-6,10,18H,1,7-9H2,2-3H3. The lowest BCUT2D eigenvalue weighted by Gasteiger charge is -2.02. The first kappa shape index (κ1) is 15.2. The third-order valence-electron chi connectivity index (χ3n) is 3.08. The van der Waals surface area contributed by atoms with E-state index in [9.17, 15) is 0 Å². The Morgan fingerprint density at radius 2 is 2.20 bits per heavy atom. The van der Waals surface area contributed by atoms with Gasteiger partial charge in [0.25, 0.3) is 0 Å². The van der Waals surface area contributed by atoms with Gasteiger partial charge in [0, 0.05) is 35.0 Å². The lowest BCUT2D eigenvalue weighted by Crippen LogP contribution is -2.16. The highest BCUT2D eigenvalue weighted by molar-refractivity contribution is 7.12. The van der Waals surface area contributed by atoms with Crippen molar-refractivity contribution in [2.45, 2.75) is 20.3 Å². The van der Waals surface area contributed by atoms with Crippen LogP contribution in [0.1, 0.15) is 15.4 Å². The molecule has 0 unspecified atom stereocenters. The first-order valence-corrected chi connectivity index (χ1v) is 7.85. The van der Waals surface area contributed by atoms with Crippen molar-refractivity contribution in [3.8, 4) is 11.3 Å². The van der Waals surface area contributed by atoms with E-state index in [2.05, 4.69) is 24.9 Å². The van der Waals surface area contributed by atoms with E-state index in [4.69, 9.17) is 16.6 Å². The summed E-state index contributed by atoms with van der Waals surface area (Å²) >= 11 is 7.84. The van der Waals surface area contributed by atoms with Crippen molar-refractivity contribution in [3.05, 3.63) is 51.3 Å². The molecule has 2 aromatic rings. The summed E-state index contributed by atoms with van der Waals surface area (Å²) in [6.07, 6.45) is 2.82. The van der Waals surface area contributed by atoms with Gasteiger partial charge < -0.3 is 5.32 Å². The van der Waals surface area contributed by atoms with Gasteiger partial charge in [-0.1, -0.05) is 23.7 Å². The van der Waals surface area contributed by atoms with Gasteiger partial charge in [-0.2, -0.15) is 0 Å². The van der Waals surface area contributed by atoms with Crippen LogP contribution in [0.4, 0.5) is 0 Å². The van der Waals surface area contributed by atoms with Crippen molar-refractivity contribution in [2.24, 2.45) is 0 Å². The summed E-state index contributed by atoms with van der Waals surface area (Å²) in [4.78, 5) is 6.01. The maximum absolute atomic E-state index is 6.08. The fourth-order valence-corrected chi connectivity index (χ4v) is 3.09. The Morgan fingerprint density at radius 3 is 2.90 bits per heavy atom. The zero-order chi connectivity index (χ0) is 14.5. The Morgan fingerprint density at radius 1 is 1.40 bits per heavy atom. The van der Waals surface area contributed by atoms with Crippen LogP contribution < -0.4 is 5.32 Å². The van der Waals surface area contributed by atoms with Crippen molar-refractivity contribution in [1.29, 1.82) is 0 Å². The molecule has 1 heterocycles. The molecule has 0 bridgehead atoms. The Kier molecular flexibility index (Phi) is 5.35. The van der Waals surface area contributed by atoms with E-state index in [1.807, 2.05) is 25.1 Å². The third-order valence-corrected chi connectivity index (χ3v) is 4.53. The minimum atomic E-state index is 0.801. The Bertz CT molecular complexity index is 605. The molecular weight excluding hydrogens is 288 g/mol. The second kappa shape index (κ2) is 7.02. The monoisotopic (exact) mass is 306 g/mol. The zero-order valence-electron chi connectivity index (χ0n) is 11.9. The molecule has 0 saturated carbocycles. The van der Waals surface area contributed by atoms with Crippen molar-refractivity contribution < 1.29 is 0 Å². The lowest BCUT2D eigenvalue weighted by atomic mass is 10.1. The summed E-state index contributed by atoms with van der Waals surface area (Å²) in [5, 5.41) is 5.27. The van der Waals surface area contributed by atoms with E-state index in [-0.39, 0.29) is 0 Å². The SMILES string of the molecule is C=CCNCCc1nc(-c2ccc(Cl)c(C)c2)c(C)s1. The van der Waals surface area contributed by atoms with E-state index >= 15 is 0 Å². The molecule has 0 aliphatic heterocycles. The van der Waals surface area contributed by atoms with E-state index in [0.29, 0.717) is 0 Å². The van der Waals surface area contributed by atoms with Crippen molar-refractivity contribution >= 4 is 22.9 Å². The molecule has 0 fully saturated rings. The minimum Gasteiger partial charge on any atom is -0.313 e. The summed E-state index contributed by atoms with van der Waals surface area (Å²) in [7, 11) is 0. The van der Waals surface area contributed by atoms with E-state index in [0.717, 1.165) is 41.4 Å². The largest absolute Gasteiger partial charge is 0.313 e.